The van der Waals surface area contributed by atoms with Crippen LogP contribution >= 0.6 is 27.5 Å². The smallest absolute Gasteiger partial charge is 0.261 e. The van der Waals surface area contributed by atoms with Crippen molar-refractivity contribution in [3.05, 3.63) is 87.1 Å². The molecule has 150 valence electrons. The van der Waals surface area contributed by atoms with E-state index in [0.29, 0.717) is 4.47 Å². The van der Waals surface area contributed by atoms with Crippen LogP contribution in [0.25, 0.3) is 0 Å². The van der Waals surface area contributed by atoms with E-state index < -0.39 is 21.7 Å². The summed E-state index contributed by atoms with van der Waals surface area (Å²) >= 11 is 9.30. The van der Waals surface area contributed by atoms with E-state index >= 15 is 0 Å². The molecule has 3 aromatic rings. The first-order valence-electron chi connectivity index (χ1n) is 8.31. The third kappa shape index (κ3) is 5.14. The van der Waals surface area contributed by atoms with Gasteiger partial charge in [0.2, 0.25) is 0 Å². The van der Waals surface area contributed by atoms with E-state index in [0.717, 1.165) is 5.56 Å². The second kappa shape index (κ2) is 8.52. The topological polar surface area (TPSA) is 75.3 Å². The molecule has 9 heteroatoms. The van der Waals surface area contributed by atoms with Crippen molar-refractivity contribution in [1.29, 1.82) is 0 Å². The highest BCUT2D eigenvalue weighted by Gasteiger charge is 2.17. The molecule has 0 atom stereocenters. The molecule has 0 saturated heterocycles. The molecule has 2 N–H and O–H groups in total. The minimum atomic E-state index is -3.83. The van der Waals surface area contributed by atoms with Crippen LogP contribution in [-0.4, -0.2) is 14.3 Å². The zero-order chi connectivity index (χ0) is 21.2. The molecule has 0 aliphatic rings. The van der Waals surface area contributed by atoms with E-state index in [4.69, 9.17) is 11.6 Å². The predicted molar refractivity (Wildman–Crippen MR) is 115 cm³/mol. The molecular weight excluding hydrogens is 483 g/mol. The summed E-state index contributed by atoms with van der Waals surface area (Å²) < 4.78 is 41.8. The number of aryl methyl sites for hydroxylation is 1. The molecule has 0 saturated carbocycles. The van der Waals surface area contributed by atoms with Gasteiger partial charge in [-0.3, -0.25) is 9.52 Å². The van der Waals surface area contributed by atoms with Gasteiger partial charge in [-0.25, -0.2) is 12.8 Å². The maximum Gasteiger partial charge on any atom is 0.261 e. The molecule has 3 aromatic carbocycles. The summed E-state index contributed by atoms with van der Waals surface area (Å²) in [4.78, 5) is 12.5. The first-order chi connectivity index (χ1) is 13.7. The number of rotatable bonds is 5. The summed E-state index contributed by atoms with van der Waals surface area (Å²) in [5, 5.41) is 2.48. The fourth-order valence-corrected chi connectivity index (χ4v) is 4.14. The quantitative estimate of drug-likeness (QED) is 0.481. The van der Waals surface area contributed by atoms with E-state index in [1.165, 1.54) is 42.5 Å². The number of nitrogens with one attached hydrogen (secondary N) is 2. The third-order valence-corrected chi connectivity index (χ3v) is 6.17. The molecule has 0 spiro atoms. The molecule has 5 nitrogen and oxygen atoms in total. The lowest BCUT2D eigenvalue weighted by Crippen LogP contribution is -2.15. The summed E-state index contributed by atoms with van der Waals surface area (Å²) in [6.45, 7) is 1.85. The molecule has 0 bridgehead atoms. The van der Waals surface area contributed by atoms with Gasteiger partial charge in [-0.15, -0.1) is 0 Å². The Kier molecular flexibility index (Phi) is 6.26. The van der Waals surface area contributed by atoms with E-state index in [2.05, 4.69) is 26.0 Å². The second-order valence-corrected chi connectivity index (χ2v) is 9.20. The Morgan fingerprint density at radius 1 is 1.00 bits per heavy atom. The van der Waals surface area contributed by atoms with Crippen molar-refractivity contribution in [2.75, 3.05) is 10.0 Å². The summed E-state index contributed by atoms with van der Waals surface area (Å²) in [7, 11) is -3.83. The number of amides is 1. The van der Waals surface area contributed by atoms with Crippen LogP contribution in [0.2, 0.25) is 5.02 Å². The Hall–Kier alpha value is -2.42. The van der Waals surface area contributed by atoms with Crippen molar-refractivity contribution in [3.8, 4) is 0 Å². The number of benzene rings is 3. The highest BCUT2D eigenvalue weighted by Crippen LogP contribution is 2.27. The molecule has 0 fully saturated rings. The second-order valence-electron chi connectivity index (χ2n) is 6.19. The van der Waals surface area contributed by atoms with Crippen LogP contribution < -0.4 is 10.0 Å². The Morgan fingerprint density at radius 2 is 1.66 bits per heavy atom. The van der Waals surface area contributed by atoms with Gasteiger partial charge in [0.25, 0.3) is 15.9 Å². The van der Waals surface area contributed by atoms with Gasteiger partial charge in [-0.1, -0.05) is 45.2 Å². The lowest BCUT2D eigenvalue weighted by Gasteiger charge is -2.12. The SMILES string of the molecule is Cc1ccc(S(=O)(=O)Nc2ccc(C(=O)Nc3ccc(Br)cc3F)cc2Cl)cc1. The van der Waals surface area contributed by atoms with Crippen LogP contribution in [0.1, 0.15) is 15.9 Å². The van der Waals surface area contributed by atoms with Crippen molar-refractivity contribution in [3.63, 3.8) is 0 Å². The average molecular weight is 498 g/mol. The maximum atomic E-state index is 13.9. The normalized spacial score (nSPS) is 11.2. The van der Waals surface area contributed by atoms with Gasteiger partial charge in [0.05, 0.1) is 21.3 Å². The molecule has 29 heavy (non-hydrogen) atoms. The fraction of sp³-hybridized carbons (Fsp3) is 0.0500. The minimum absolute atomic E-state index is 0.0125. The molecule has 0 radical (unpaired) electrons. The van der Waals surface area contributed by atoms with Crippen molar-refractivity contribution in [1.82, 2.24) is 0 Å². The predicted octanol–water partition coefficient (Wildman–Crippen LogP) is 5.60. The fourth-order valence-electron chi connectivity index (χ4n) is 2.45. The van der Waals surface area contributed by atoms with Gasteiger partial charge in [0.1, 0.15) is 5.82 Å². The molecule has 0 unspecified atom stereocenters. The zero-order valence-corrected chi connectivity index (χ0v) is 18.2. The lowest BCUT2D eigenvalue weighted by molar-refractivity contribution is 0.102. The van der Waals surface area contributed by atoms with Crippen LogP contribution in [0.3, 0.4) is 0 Å². The van der Waals surface area contributed by atoms with Crippen molar-refractivity contribution in [2.45, 2.75) is 11.8 Å². The van der Waals surface area contributed by atoms with E-state index in [-0.39, 0.29) is 26.9 Å². The maximum absolute atomic E-state index is 13.9. The van der Waals surface area contributed by atoms with E-state index in [1.54, 1.807) is 18.2 Å². The summed E-state index contributed by atoms with van der Waals surface area (Å²) in [5.74, 6) is -1.18. The number of carbonyl (C=O) groups is 1. The van der Waals surface area contributed by atoms with E-state index in [9.17, 15) is 17.6 Å². The highest BCUT2D eigenvalue weighted by molar-refractivity contribution is 9.10. The van der Waals surface area contributed by atoms with Crippen molar-refractivity contribution in [2.24, 2.45) is 0 Å². The standard InChI is InChI=1S/C20H15BrClFN2O3S/c1-12-2-6-15(7-3-12)29(27,28)25-18-8-4-13(10-16(18)22)20(26)24-19-9-5-14(21)11-17(19)23/h2-11,25H,1H3,(H,24,26). The molecular formula is C20H15BrClFN2O3S. The van der Waals surface area contributed by atoms with Crippen molar-refractivity contribution >= 4 is 54.8 Å². The Balaban J connectivity index is 1.79. The lowest BCUT2D eigenvalue weighted by atomic mass is 10.2. The third-order valence-electron chi connectivity index (χ3n) is 3.99. The van der Waals surface area contributed by atoms with Gasteiger partial charge in [-0.2, -0.15) is 0 Å². The highest BCUT2D eigenvalue weighted by atomic mass is 79.9. The first kappa shape index (κ1) is 21.3. The Bertz CT molecular complexity index is 1180. The number of carbonyl (C=O) groups excluding carboxylic acids is 1. The molecule has 0 aliphatic heterocycles. The van der Waals surface area contributed by atoms with E-state index in [1.807, 2.05) is 6.92 Å². The zero-order valence-electron chi connectivity index (χ0n) is 15.0. The molecule has 1 amide bonds. The van der Waals surface area contributed by atoms with Gasteiger partial charge in [0, 0.05) is 10.0 Å². The van der Waals surface area contributed by atoms with Gasteiger partial charge in [0.15, 0.2) is 0 Å². The molecule has 0 aliphatic carbocycles. The van der Waals surface area contributed by atoms with Crippen LogP contribution in [-0.2, 0) is 10.0 Å². The van der Waals surface area contributed by atoms with Gasteiger partial charge >= 0.3 is 0 Å². The summed E-state index contributed by atoms with van der Waals surface area (Å²) in [6.07, 6.45) is 0. The van der Waals surface area contributed by atoms with Gasteiger partial charge < -0.3 is 5.32 Å². The number of hydrogen-bond acceptors (Lipinski definition) is 3. The van der Waals surface area contributed by atoms with Crippen LogP contribution in [0.15, 0.2) is 70.0 Å². The number of hydrogen-bond donors (Lipinski definition) is 2. The summed E-state index contributed by atoms with van der Waals surface area (Å²) in [6, 6.07) is 14.7. The number of halogens is 3. The van der Waals surface area contributed by atoms with Crippen LogP contribution in [0, 0.1) is 12.7 Å². The monoisotopic (exact) mass is 496 g/mol. The number of sulfonamides is 1. The van der Waals surface area contributed by atoms with Crippen molar-refractivity contribution < 1.29 is 17.6 Å². The summed E-state index contributed by atoms with van der Waals surface area (Å²) in [5.41, 5.74) is 1.22. The largest absolute Gasteiger partial charge is 0.319 e. The average Bonchev–Trinajstić information content (AvgIpc) is 2.66. The van der Waals surface area contributed by atoms with Crippen LogP contribution in [0.5, 0.6) is 0 Å². The van der Waals surface area contributed by atoms with Gasteiger partial charge in [-0.05, 0) is 55.5 Å². The minimum Gasteiger partial charge on any atom is -0.319 e. The Labute approximate surface area is 181 Å². The molecule has 3 rings (SSSR count). The Morgan fingerprint density at radius 3 is 2.28 bits per heavy atom. The molecule has 0 aromatic heterocycles. The first-order valence-corrected chi connectivity index (χ1v) is 11.0. The number of anilines is 2. The van der Waals surface area contributed by atoms with Crippen LogP contribution in [0.4, 0.5) is 15.8 Å². The molecule has 0 heterocycles.